The maximum absolute atomic E-state index is 13.0. The molecule has 0 saturated heterocycles. The third-order valence-corrected chi connectivity index (χ3v) is 3.36. The topological polar surface area (TPSA) is 61.4 Å². The lowest BCUT2D eigenvalue weighted by Gasteiger charge is -2.05. The highest BCUT2D eigenvalue weighted by atomic mass is 32.2. The van der Waals surface area contributed by atoms with E-state index in [4.69, 9.17) is 5.21 Å². The largest absolute Gasteiger partial charge is 0.288 e. The molecule has 0 unspecified atom stereocenters. The Morgan fingerprint density at radius 1 is 1.20 bits per heavy atom. The van der Waals surface area contributed by atoms with Crippen LogP contribution in [0.4, 0.5) is 4.39 Å². The first kappa shape index (κ1) is 14.5. The van der Waals surface area contributed by atoms with Crippen molar-refractivity contribution in [3.8, 4) is 0 Å². The first-order chi connectivity index (χ1) is 9.69. The number of carbonyl (C=O) groups excluding carboxylic acids is 1. The molecule has 0 aromatic heterocycles. The van der Waals surface area contributed by atoms with E-state index in [9.17, 15) is 9.18 Å². The van der Waals surface area contributed by atoms with Crippen LogP contribution in [0.25, 0.3) is 0 Å². The molecule has 0 saturated carbocycles. The van der Waals surface area contributed by atoms with Crippen LogP contribution in [0.15, 0.2) is 53.4 Å². The number of carbonyl (C=O) groups is 1. The number of hydroxylamine groups is 1. The Labute approximate surface area is 120 Å². The number of rotatable bonds is 5. The summed E-state index contributed by atoms with van der Waals surface area (Å²) in [6, 6.07) is 13.1. The van der Waals surface area contributed by atoms with Crippen LogP contribution in [0.1, 0.15) is 15.9 Å². The average molecular weight is 292 g/mol. The maximum Gasteiger partial charge on any atom is 0.274 e. The van der Waals surface area contributed by atoms with Crippen molar-refractivity contribution in [2.75, 3.05) is 0 Å². The highest BCUT2D eigenvalue weighted by molar-refractivity contribution is 7.97. The minimum atomic E-state index is -0.543. The van der Waals surface area contributed by atoms with Crippen molar-refractivity contribution in [1.82, 2.24) is 10.2 Å². The minimum Gasteiger partial charge on any atom is -0.288 e. The zero-order valence-corrected chi connectivity index (χ0v) is 11.3. The molecular weight excluding hydrogens is 279 g/mol. The number of hydrogen-bond acceptors (Lipinski definition) is 4. The molecule has 6 heteroatoms. The lowest BCUT2D eigenvalue weighted by molar-refractivity contribution is 0.0706. The molecule has 2 rings (SSSR count). The number of nitrogens with one attached hydrogen (secondary N) is 2. The molecule has 0 spiro atoms. The molecule has 0 atom stereocenters. The van der Waals surface area contributed by atoms with E-state index in [2.05, 4.69) is 4.72 Å². The SMILES string of the molecule is O=C(NO)c1ccc(CNSc2cccc(F)c2)cc1. The normalized spacial score (nSPS) is 10.3. The Morgan fingerprint density at radius 2 is 1.95 bits per heavy atom. The van der Waals surface area contributed by atoms with E-state index in [1.807, 2.05) is 6.07 Å². The van der Waals surface area contributed by atoms with E-state index in [-0.39, 0.29) is 5.82 Å². The number of benzene rings is 2. The van der Waals surface area contributed by atoms with Crippen LogP contribution in [0.5, 0.6) is 0 Å². The molecule has 3 N–H and O–H groups in total. The molecule has 0 bridgehead atoms. The first-order valence-corrected chi connectivity index (χ1v) is 6.69. The fraction of sp³-hybridized carbons (Fsp3) is 0.0714. The van der Waals surface area contributed by atoms with Crippen molar-refractivity contribution in [2.24, 2.45) is 0 Å². The lowest BCUT2D eigenvalue weighted by atomic mass is 10.1. The summed E-state index contributed by atoms with van der Waals surface area (Å²) in [5, 5.41) is 8.50. The molecule has 2 aromatic rings. The maximum atomic E-state index is 13.0. The zero-order chi connectivity index (χ0) is 14.4. The van der Waals surface area contributed by atoms with Gasteiger partial charge in [-0.05, 0) is 47.8 Å². The smallest absolute Gasteiger partial charge is 0.274 e. The molecule has 0 heterocycles. The number of hydrogen-bond donors (Lipinski definition) is 3. The van der Waals surface area contributed by atoms with Crippen molar-refractivity contribution >= 4 is 17.9 Å². The number of halogens is 1. The summed E-state index contributed by atoms with van der Waals surface area (Å²) in [4.78, 5) is 11.9. The van der Waals surface area contributed by atoms with Gasteiger partial charge in [-0.25, -0.2) is 9.87 Å². The average Bonchev–Trinajstić information content (AvgIpc) is 2.47. The van der Waals surface area contributed by atoms with Crippen molar-refractivity contribution in [3.05, 3.63) is 65.5 Å². The van der Waals surface area contributed by atoms with Gasteiger partial charge in [-0.15, -0.1) is 0 Å². The van der Waals surface area contributed by atoms with Crippen molar-refractivity contribution in [1.29, 1.82) is 0 Å². The lowest BCUT2D eigenvalue weighted by Crippen LogP contribution is -2.18. The van der Waals surface area contributed by atoms with E-state index in [0.717, 1.165) is 10.5 Å². The molecule has 2 aromatic carbocycles. The molecule has 104 valence electrons. The standard InChI is InChI=1S/C14H13FN2O2S/c15-12-2-1-3-13(8-12)20-16-9-10-4-6-11(7-5-10)14(18)17-19/h1-8,16,19H,9H2,(H,17,18). The van der Waals surface area contributed by atoms with E-state index in [1.165, 1.54) is 24.1 Å². The molecule has 20 heavy (non-hydrogen) atoms. The molecule has 0 aliphatic rings. The predicted octanol–water partition coefficient (Wildman–Crippen LogP) is 2.74. The van der Waals surface area contributed by atoms with E-state index >= 15 is 0 Å². The van der Waals surface area contributed by atoms with Gasteiger partial charge < -0.3 is 0 Å². The molecular formula is C14H13FN2O2S. The van der Waals surface area contributed by atoms with E-state index < -0.39 is 5.91 Å². The summed E-state index contributed by atoms with van der Waals surface area (Å²) in [5.41, 5.74) is 2.94. The van der Waals surface area contributed by atoms with Gasteiger partial charge in [0.25, 0.3) is 5.91 Å². The van der Waals surface area contributed by atoms with Crippen LogP contribution in [0, 0.1) is 5.82 Å². The zero-order valence-electron chi connectivity index (χ0n) is 10.5. The first-order valence-electron chi connectivity index (χ1n) is 5.87. The molecule has 0 aliphatic carbocycles. The summed E-state index contributed by atoms with van der Waals surface area (Å²) in [6.07, 6.45) is 0. The van der Waals surface area contributed by atoms with Crippen LogP contribution in [-0.2, 0) is 6.54 Å². The molecule has 4 nitrogen and oxygen atoms in total. The second-order valence-corrected chi connectivity index (χ2v) is 4.98. The second kappa shape index (κ2) is 7.04. The van der Waals surface area contributed by atoms with Gasteiger partial charge in [0, 0.05) is 17.0 Å². The van der Waals surface area contributed by atoms with Gasteiger partial charge in [-0.1, -0.05) is 18.2 Å². The second-order valence-electron chi connectivity index (χ2n) is 4.02. The van der Waals surface area contributed by atoms with Crippen LogP contribution in [-0.4, -0.2) is 11.1 Å². The Morgan fingerprint density at radius 3 is 2.60 bits per heavy atom. The van der Waals surface area contributed by atoms with Crippen LogP contribution >= 0.6 is 11.9 Å². The Kier molecular flexibility index (Phi) is 5.11. The molecule has 0 aliphatic heterocycles. The Hall–Kier alpha value is -1.89. The van der Waals surface area contributed by atoms with Crippen LogP contribution in [0.3, 0.4) is 0 Å². The van der Waals surface area contributed by atoms with Gasteiger partial charge in [0.1, 0.15) is 5.82 Å². The van der Waals surface area contributed by atoms with Crippen LogP contribution in [0.2, 0.25) is 0 Å². The summed E-state index contributed by atoms with van der Waals surface area (Å²) in [5.74, 6) is -0.810. The van der Waals surface area contributed by atoms with Gasteiger partial charge >= 0.3 is 0 Å². The third kappa shape index (κ3) is 4.06. The molecule has 0 fully saturated rings. The van der Waals surface area contributed by atoms with Gasteiger partial charge in [0.05, 0.1) is 0 Å². The fourth-order valence-corrected chi connectivity index (χ4v) is 2.30. The Bertz CT molecular complexity index is 590. The highest BCUT2D eigenvalue weighted by Crippen LogP contribution is 2.16. The quantitative estimate of drug-likeness (QED) is 0.450. The van der Waals surface area contributed by atoms with Gasteiger partial charge in [-0.3, -0.25) is 14.7 Å². The summed E-state index contributed by atoms with van der Waals surface area (Å²) >= 11 is 1.34. The third-order valence-electron chi connectivity index (χ3n) is 2.58. The van der Waals surface area contributed by atoms with Gasteiger partial charge in [0.2, 0.25) is 0 Å². The van der Waals surface area contributed by atoms with Crippen molar-refractivity contribution in [2.45, 2.75) is 11.4 Å². The van der Waals surface area contributed by atoms with Crippen LogP contribution < -0.4 is 10.2 Å². The fourth-order valence-electron chi connectivity index (χ4n) is 1.57. The van der Waals surface area contributed by atoms with Crippen molar-refractivity contribution in [3.63, 3.8) is 0 Å². The number of amides is 1. The Balaban J connectivity index is 1.86. The monoisotopic (exact) mass is 292 g/mol. The molecule has 1 amide bonds. The van der Waals surface area contributed by atoms with Crippen molar-refractivity contribution < 1.29 is 14.4 Å². The van der Waals surface area contributed by atoms with Gasteiger partial charge in [0.15, 0.2) is 0 Å². The minimum absolute atomic E-state index is 0.267. The van der Waals surface area contributed by atoms with E-state index in [0.29, 0.717) is 12.1 Å². The van der Waals surface area contributed by atoms with E-state index in [1.54, 1.807) is 35.8 Å². The predicted molar refractivity (Wildman–Crippen MR) is 74.8 cm³/mol. The van der Waals surface area contributed by atoms with Gasteiger partial charge in [-0.2, -0.15) is 0 Å². The molecule has 0 radical (unpaired) electrons. The summed E-state index contributed by atoms with van der Waals surface area (Å²) in [7, 11) is 0. The summed E-state index contributed by atoms with van der Waals surface area (Å²) in [6.45, 7) is 0.572. The summed E-state index contributed by atoms with van der Waals surface area (Å²) < 4.78 is 16.1. The highest BCUT2D eigenvalue weighted by Gasteiger charge is 2.03.